The predicted octanol–water partition coefficient (Wildman–Crippen LogP) is 3.73. The summed E-state index contributed by atoms with van der Waals surface area (Å²) < 4.78 is 0. The first-order valence-electron chi connectivity index (χ1n) is 10.5. The predicted molar refractivity (Wildman–Crippen MR) is 115 cm³/mol. The maximum absolute atomic E-state index is 13.0. The van der Waals surface area contributed by atoms with Crippen LogP contribution in [0.25, 0.3) is 0 Å². The van der Waals surface area contributed by atoms with Crippen molar-refractivity contribution in [3.63, 3.8) is 0 Å². The van der Waals surface area contributed by atoms with Crippen molar-refractivity contribution in [2.75, 3.05) is 44.2 Å². The van der Waals surface area contributed by atoms with Crippen LogP contribution in [-0.4, -0.2) is 61.0 Å². The standard InChI is InChI=1S/C24H31N3O/c1-19-7-5-9-21(17-19)24(28)27-12-6-10-22(18-27)25-13-15-26(16-14-25)23-11-4-3-8-20(23)2/h3-5,7-9,11,17,22H,6,10,12-16,18H2,1-2H3/t22-/m1/s1. The third-order valence-electron chi connectivity index (χ3n) is 6.24. The summed E-state index contributed by atoms with van der Waals surface area (Å²) >= 11 is 0. The zero-order valence-electron chi connectivity index (χ0n) is 17.1. The maximum atomic E-state index is 13.0. The molecule has 1 amide bonds. The van der Waals surface area contributed by atoms with E-state index < -0.39 is 0 Å². The number of anilines is 1. The van der Waals surface area contributed by atoms with Gasteiger partial charge in [-0.2, -0.15) is 0 Å². The first kappa shape index (κ1) is 19.0. The zero-order valence-corrected chi connectivity index (χ0v) is 17.1. The largest absolute Gasteiger partial charge is 0.369 e. The van der Waals surface area contributed by atoms with Gasteiger partial charge < -0.3 is 9.80 Å². The Morgan fingerprint density at radius 1 is 0.929 bits per heavy atom. The van der Waals surface area contributed by atoms with Gasteiger partial charge in [0.25, 0.3) is 5.91 Å². The number of amides is 1. The van der Waals surface area contributed by atoms with Crippen LogP contribution >= 0.6 is 0 Å². The number of carbonyl (C=O) groups is 1. The van der Waals surface area contributed by atoms with Gasteiger partial charge in [-0.25, -0.2) is 0 Å². The van der Waals surface area contributed by atoms with Crippen molar-refractivity contribution in [1.29, 1.82) is 0 Å². The molecule has 0 saturated carbocycles. The highest BCUT2D eigenvalue weighted by molar-refractivity contribution is 5.94. The molecule has 0 aliphatic carbocycles. The molecule has 4 heteroatoms. The van der Waals surface area contributed by atoms with Crippen molar-refractivity contribution in [2.45, 2.75) is 32.7 Å². The molecule has 0 bridgehead atoms. The van der Waals surface area contributed by atoms with Crippen LogP contribution in [0.5, 0.6) is 0 Å². The lowest BCUT2D eigenvalue weighted by atomic mass is 10.0. The van der Waals surface area contributed by atoms with E-state index in [9.17, 15) is 4.79 Å². The minimum Gasteiger partial charge on any atom is -0.369 e. The minimum absolute atomic E-state index is 0.187. The number of hydrogen-bond acceptors (Lipinski definition) is 3. The highest BCUT2D eigenvalue weighted by atomic mass is 16.2. The summed E-state index contributed by atoms with van der Waals surface area (Å²) in [5.74, 6) is 0.187. The van der Waals surface area contributed by atoms with Crippen LogP contribution in [0.15, 0.2) is 48.5 Å². The smallest absolute Gasteiger partial charge is 0.253 e. The van der Waals surface area contributed by atoms with E-state index in [4.69, 9.17) is 0 Å². The van der Waals surface area contributed by atoms with Crippen LogP contribution in [-0.2, 0) is 0 Å². The van der Waals surface area contributed by atoms with Crippen molar-refractivity contribution in [3.8, 4) is 0 Å². The summed E-state index contributed by atoms with van der Waals surface area (Å²) in [6, 6.07) is 17.1. The van der Waals surface area contributed by atoms with Gasteiger partial charge in [0.2, 0.25) is 0 Å². The molecule has 4 nitrogen and oxygen atoms in total. The maximum Gasteiger partial charge on any atom is 0.253 e. The van der Waals surface area contributed by atoms with Gasteiger partial charge in [-0.15, -0.1) is 0 Å². The molecule has 1 atom stereocenters. The number of rotatable bonds is 3. The minimum atomic E-state index is 0.187. The van der Waals surface area contributed by atoms with Gasteiger partial charge in [-0.05, 0) is 50.5 Å². The van der Waals surface area contributed by atoms with Crippen molar-refractivity contribution in [2.24, 2.45) is 0 Å². The number of hydrogen-bond donors (Lipinski definition) is 0. The second-order valence-electron chi connectivity index (χ2n) is 8.23. The van der Waals surface area contributed by atoms with Crippen LogP contribution in [0.2, 0.25) is 0 Å². The monoisotopic (exact) mass is 377 g/mol. The topological polar surface area (TPSA) is 26.8 Å². The fourth-order valence-electron chi connectivity index (χ4n) is 4.64. The fourth-order valence-corrected chi connectivity index (χ4v) is 4.64. The molecule has 2 aromatic rings. The number of aryl methyl sites for hydroxylation is 2. The molecule has 2 heterocycles. The molecule has 0 spiro atoms. The van der Waals surface area contributed by atoms with E-state index in [0.29, 0.717) is 6.04 Å². The summed E-state index contributed by atoms with van der Waals surface area (Å²) in [7, 11) is 0. The molecule has 148 valence electrons. The first-order chi connectivity index (χ1) is 13.6. The van der Waals surface area contributed by atoms with Gasteiger partial charge >= 0.3 is 0 Å². The number of benzene rings is 2. The average Bonchev–Trinajstić information content (AvgIpc) is 2.74. The Morgan fingerprint density at radius 2 is 1.71 bits per heavy atom. The number of likely N-dealkylation sites (tertiary alicyclic amines) is 1. The SMILES string of the molecule is Cc1cccc(C(=O)N2CCC[C@@H](N3CCN(c4ccccc4C)CC3)C2)c1. The quantitative estimate of drug-likeness (QED) is 0.815. The molecule has 2 saturated heterocycles. The third-order valence-corrected chi connectivity index (χ3v) is 6.24. The van der Waals surface area contributed by atoms with Gasteiger partial charge in [-0.1, -0.05) is 35.9 Å². The van der Waals surface area contributed by atoms with E-state index in [1.165, 1.54) is 17.7 Å². The Hall–Kier alpha value is -2.33. The average molecular weight is 378 g/mol. The normalized spacial score (nSPS) is 21.0. The van der Waals surface area contributed by atoms with Gasteiger partial charge in [-0.3, -0.25) is 9.69 Å². The molecule has 0 N–H and O–H groups in total. The van der Waals surface area contributed by atoms with Crippen molar-refractivity contribution >= 4 is 11.6 Å². The van der Waals surface area contributed by atoms with Crippen molar-refractivity contribution in [1.82, 2.24) is 9.80 Å². The van der Waals surface area contributed by atoms with E-state index in [-0.39, 0.29) is 5.91 Å². The zero-order chi connectivity index (χ0) is 19.5. The molecule has 2 fully saturated rings. The molecular formula is C24H31N3O. The van der Waals surface area contributed by atoms with Crippen LogP contribution in [0.4, 0.5) is 5.69 Å². The first-order valence-corrected chi connectivity index (χ1v) is 10.5. The van der Waals surface area contributed by atoms with Crippen LogP contribution in [0.3, 0.4) is 0 Å². The molecular weight excluding hydrogens is 346 g/mol. The van der Waals surface area contributed by atoms with Gasteiger partial charge in [0.1, 0.15) is 0 Å². The molecule has 4 rings (SSSR count). The molecule has 28 heavy (non-hydrogen) atoms. The van der Waals surface area contributed by atoms with Gasteiger partial charge in [0.15, 0.2) is 0 Å². The van der Waals surface area contributed by atoms with E-state index in [1.807, 2.05) is 31.2 Å². The second-order valence-corrected chi connectivity index (χ2v) is 8.23. The molecule has 0 unspecified atom stereocenters. The van der Waals surface area contributed by atoms with Gasteiger partial charge in [0.05, 0.1) is 0 Å². The van der Waals surface area contributed by atoms with Crippen molar-refractivity contribution in [3.05, 3.63) is 65.2 Å². The summed E-state index contributed by atoms with van der Waals surface area (Å²) in [5, 5.41) is 0. The lowest BCUT2D eigenvalue weighted by molar-refractivity contribution is 0.0563. The molecule has 0 aromatic heterocycles. The molecule has 0 radical (unpaired) electrons. The number of carbonyl (C=O) groups excluding carboxylic acids is 1. The van der Waals surface area contributed by atoms with E-state index in [2.05, 4.69) is 45.9 Å². The number of nitrogens with zero attached hydrogens (tertiary/aromatic N) is 3. The van der Waals surface area contributed by atoms with Crippen molar-refractivity contribution < 1.29 is 4.79 Å². The lowest BCUT2D eigenvalue weighted by Crippen LogP contribution is -2.56. The Labute approximate surface area is 168 Å². The fraction of sp³-hybridized carbons (Fsp3) is 0.458. The molecule has 2 aliphatic rings. The van der Waals surface area contributed by atoms with Gasteiger partial charge in [0, 0.05) is 56.6 Å². The summed E-state index contributed by atoms with van der Waals surface area (Å²) in [5.41, 5.74) is 4.68. The Balaban J connectivity index is 1.37. The number of para-hydroxylation sites is 1. The molecule has 2 aromatic carbocycles. The molecule has 2 aliphatic heterocycles. The Kier molecular flexibility index (Phi) is 5.67. The van der Waals surface area contributed by atoms with E-state index in [1.54, 1.807) is 0 Å². The Bertz CT molecular complexity index is 826. The highest BCUT2D eigenvalue weighted by Gasteiger charge is 2.30. The highest BCUT2D eigenvalue weighted by Crippen LogP contribution is 2.24. The number of piperazine rings is 1. The van der Waals surface area contributed by atoms with Crippen LogP contribution in [0.1, 0.15) is 34.3 Å². The Morgan fingerprint density at radius 3 is 2.46 bits per heavy atom. The second kappa shape index (κ2) is 8.36. The van der Waals surface area contributed by atoms with E-state index in [0.717, 1.165) is 56.8 Å². The van der Waals surface area contributed by atoms with Crippen LogP contribution < -0.4 is 4.90 Å². The third kappa shape index (κ3) is 4.07. The van der Waals surface area contributed by atoms with E-state index >= 15 is 0 Å². The summed E-state index contributed by atoms with van der Waals surface area (Å²) in [4.78, 5) is 20.1. The summed E-state index contributed by atoms with van der Waals surface area (Å²) in [6.45, 7) is 10.3. The van der Waals surface area contributed by atoms with Crippen LogP contribution in [0, 0.1) is 13.8 Å². The summed E-state index contributed by atoms with van der Waals surface area (Å²) in [6.07, 6.45) is 2.29. The number of piperidine rings is 1. The lowest BCUT2D eigenvalue weighted by Gasteiger charge is -2.44.